The lowest BCUT2D eigenvalue weighted by Gasteiger charge is -2.19. The molecule has 2 aromatic rings. The van der Waals surface area contributed by atoms with E-state index in [1.165, 1.54) is 17.1 Å². The van der Waals surface area contributed by atoms with Crippen LogP contribution in [0.5, 0.6) is 0 Å². The van der Waals surface area contributed by atoms with Crippen molar-refractivity contribution in [3.05, 3.63) is 53.5 Å². The molecule has 0 bridgehead atoms. The van der Waals surface area contributed by atoms with Gasteiger partial charge < -0.3 is 10.5 Å². The standard InChI is InChI=1S/C15H17FN4O2/c1-2-22-15(21)10-6-7-12(16)11(14(10)17)9-20(18)13-5-3-4-8-19-13/h3-8H,2,9,17-18H2,1H3. The summed E-state index contributed by atoms with van der Waals surface area (Å²) in [5.74, 6) is 5.20. The largest absolute Gasteiger partial charge is 0.462 e. The van der Waals surface area contributed by atoms with E-state index in [-0.39, 0.29) is 30.0 Å². The van der Waals surface area contributed by atoms with E-state index in [1.54, 1.807) is 31.3 Å². The van der Waals surface area contributed by atoms with Gasteiger partial charge in [0.15, 0.2) is 0 Å². The van der Waals surface area contributed by atoms with E-state index in [4.69, 9.17) is 16.3 Å². The van der Waals surface area contributed by atoms with Crippen LogP contribution in [-0.2, 0) is 11.3 Å². The van der Waals surface area contributed by atoms with Gasteiger partial charge in [0.25, 0.3) is 0 Å². The van der Waals surface area contributed by atoms with Crippen LogP contribution in [0.4, 0.5) is 15.9 Å². The van der Waals surface area contributed by atoms with Crippen LogP contribution in [0.3, 0.4) is 0 Å². The maximum atomic E-state index is 14.0. The smallest absolute Gasteiger partial charge is 0.340 e. The predicted octanol–water partition coefficient (Wildman–Crippen LogP) is 1.86. The fourth-order valence-corrected chi connectivity index (χ4v) is 1.96. The molecule has 0 radical (unpaired) electrons. The number of hydrogen-bond acceptors (Lipinski definition) is 6. The van der Waals surface area contributed by atoms with E-state index >= 15 is 0 Å². The lowest BCUT2D eigenvalue weighted by molar-refractivity contribution is 0.0527. The van der Waals surface area contributed by atoms with Gasteiger partial charge in [-0.2, -0.15) is 0 Å². The molecular weight excluding hydrogens is 287 g/mol. The van der Waals surface area contributed by atoms with Crippen molar-refractivity contribution in [2.75, 3.05) is 17.3 Å². The van der Waals surface area contributed by atoms with Gasteiger partial charge in [-0.15, -0.1) is 0 Å². The zero-order valence-corrected chi connectivity index (χ0v) is 12.1. The third-order valence-corrected chi connectivity index (χ3v) is 3.07. The maximum absolute atomic E-state index is 14.0. The van der Waals surface area contributed by atoms with Crippen molar-refractivity contribution in [2.24, 2.45) is 5.84 Å². The van der Waals surface area contributed by atoms with Crippen molar-refractivity contribution >= 4 is 17.5 Å². The third-order valence-electron chi connectivity index (χ3n) is 3.07. The Morgan fingerprint density at radius 1 is 1.36 bits per heavy atom. The molecule has 0 aliphatic carbocycles. The minimum Gasteiger partial charge on any atom is -0.462 e. The van der Waals surface area contributed by atoms with Crippen LogP contribution in [0.1, 0.15) is 22.8 Å². The minimum atomic E-state index is -0.595. The van der Waals surface area contributed by atoms with Crippen LogP contribution in [0.15, 0.2) is 36.5 Å². The van der Waals surface area contributed by atoms with Gasteiger partial charge in [-0.3, -0.25) is 5.01 Å². The van der Waals surface area contributed by atoms with Crippen molar-refractivity contribution in [1.29, 1.82) is 0 Å². The number of nitrogens with two attached hydrogens (primary N) is 2. The number of esters is 1. The molecule has 0 saturated heterocycles. The van der Waals surface area contributed by atoms with Crippen molar-refractivity contribution in [3.8, 4) is 0 Å². The number of carbonyl (C=O) groups is 1. The first-order chi connectivity index (χ1) is 10.5. The number of hydrazine groups is 1. The molecule has 116 valence electrons. The Hall–Kier alpha value is -2.67. The second-order valence-electron chi connectivity index (χ2n) is 4.52. The van der Waals surface area contributed by atoms with E-state index in [0.29, 0.717) is 5.82 Å². The number of rotatable bonds is 5. The second-order valence-corrected chi connectivity index (χ2v) is 4.52. The van der Waals surface area contributed by atoms with Crippen molar-refractivity contribution in [2.45, 2.75) is 13.5 Å². The molecule has 1 aromatic carbocycles. The molecule has 0 amide bonds. The zero-order chi connectivity index (χ0) is 16.1. The molecule has 0 saturated carbocycles. The van der Waals surface area contributed by atoms with Gasteiger partial charge in [0, 0.05) is 11.8 Å². The topological polar surface area (TPSA) is 94.5 Å². The SMILES string of the molecule is CCOC(=O)c1ccc(F)c(CN(N)c2ccccn2)c1N. The summed E-state index contributed by atoms with van der Waals surface area (Å²) in [4.78, 5) is 15.9. The highest BCUT2D eigenvalue weighted by Crippen LogP contribution is 2.24. The van der Waals surface area contributed by atoms with Crippen LogP contribution in [-0.4, -0.2) is 17.6 Å². The molecule has 0 spiro atoms. The van der Waals surface area contributed by atoms with Gasteiger partial charge in [0.2, 0.25) is 0 Å². The van der Waals surface area contributed by atoms with Crippen LogP contribution in [0.25, 0.3) is 0 Å². The quantitative estimate of drug-likeness (QED) is 0.379. The molecule has 22 heavy (non-hydrogen) atoms. The third kappa shape index (κ3) is 3.32. The summed E-state index contributed by atoms with van der Waals surface area (Å²) >= 11 is 0. The van der Waals surface area contributed by atoms with Crippen LogP contribution in [0, 0.1) is 5.82 Å². The molecule has 4 N–H and O–H groups in total. The Kier molecular flexibility index (Phi) is 4.90. The number of hydrogen-bond donors (Lipinski definition) is 2. The van der Waals surface area contributed by atoms with E-state index in [0.717, 1.165) is 0 Å². The van der Waals surface area contributed by atoms with E-state index in [1.807, 2.05) is 0 Å². The maximum Gasteiger partial charge on any atom is 0.340 e. The second kappa shape index (κ2) is 6.86. The Balaban J connectivity index is 2.30. The summed E-state index contributed by atoms with van der Waals surface area (Å²) in [6, 6.07) is 7.66. The molecule has 6 nitrogen and oxygen atoms in total. The molecular formula is C15H17FN4O2. The van der Waals surface area contributed by atoms with E-state index in [9.17, 15) is 9.18 Å². The lowest BCUT2D eigenvalue weighted by atomic mass is 10.1. The Morgan fingerprint density at radius 2 is 2.14 bits per heavy atom. The summed E-state index contributed by atoms with van der Waals surface area (Å²) in [6.07, 6.45) is 1.57. The van der Waals surface area contributed by atoms with Crippen LogP contribution < -0.4 is 16.6 Å². The lowest BCUT2D eigenvalue weighted by Crippen LogP contribution is -2.32. The molecule has 0 fully saturated rings. The first-order valence-corrected chi connectivity index (χ1v) is 6.71. The fourth-order valence-electron chi connectivity index (χ4n) is 1.96. The first-order valence-electron chi connectivity index (χ1n) is 6.71. The van der Waals surface area contributed by atoms with E-state index < -0.39 is 11.8 Å². The minimum absolute atomic E-state index is 0.0184. The highest BCUT2D eigenvalue weighted by atomic mass is 19.1. The van der Waals surface area contributed by atoms with Gasteiger partial charge >= 0.3 is 5.97 Å². The number of nitrogens with zero attached hydrogens (tertiary/aromatic N) is 2. The van der Waals surface area contributed by atoms with Gasteiger partial charge in [0.1, 0.15) is 11.6 Å². The van der Waals surface area contributed by atoms with Crippen molar-refractivity contribution < 1.29 is 13.9 Å². The normalized spacial score (nSPS) is 10.3. The first kappa shape index (κ1) is 15.7. The zero-order valence-electron chi connectivity index (χ0n) is 12.1. The molecule has 2 rings (SSSR count). The highest BCUT2D eigenvalue weighted by Gasteiger charge is 2.18. The number of carbonyl (C=O) groups excluding carboxylic acids is 1. The van der Waals surface area contributed by atoms with Gasteiger partial charge in [-0.25, -0.2) is 20.0 Å². The van der Waals surface area contributed by atoms with Gasteiger partial charge in [-0.1, -0.05) is 6.07 Å². The predicted molar refractivity (Wildman–Crippen MR) is 81.4 cm³/mol. The monoisotopic (exact) mass is 304 g/mol. The summed E-state index contributed by atoms with van der Waals surface area (Å²) in [5.41, 5.74) is 6.16. The van der Waals surface area contributed by atoms with Gasteiger partial charge in [0.05, 0.1) is 24.4 Å². The Morgan fingerprint density at radius 3 is 2.77 bits per heavy atom. The number of anilines is 2. The summed E-state index contributed by atoms with van der Waals surface area (Å²) in [5, 5.41) is 1.25. The molecule has 7 heteroatoms. The van der Waals surface area contributed by atoms with Crippen molar-refractivity contribution in [3.63, 3.8) is 0 Å². The van der Waals surface area contributed by atoms with Gasteiger partial charge in [-0.05, 0) is 31.2 Å². The molecule has 0 atom stereocenters. The summed E-state index contributed by atoms with van der Waals surface area (Å²) < 4.78 is 18.9. The van der Waals surface area contributed by atoms with E-state index in [2.05, 4.69) is 4.98 Å². The molecule has 0 unspecified atom stereocenters. The average molecular weight is 304 g/mol. The fraction of sp³-hybridized carbons (Fsp3) is 0.200. The molecule has 1 aromatic heterocycles. The number of pyridine rings is 1. The number of aromatic nitrogens is 1. The molecule has 0 aliphatic rings. The number of ether oxygens (including phenoxy) is 1. The molecule has 0 aliphatic heterocycles. The number of halogens is 1. The molecule has 1 heterocycles. The highest BCUT2D eigenvalue weighted by molar-refractivity contribution is 5.95. The Labute approximate surface area is 127 Å². The average Bonchev–Trinajstić information content (AvgIpc) is 2.52. The Bertz CT molecular complexity index is 664. The van der Waals surface area contributed by atoms with Crippen molar-refractivity contribution in [1.82, 2.24) is 4.98 Å². The summed E-state index contributed by atoms with van der Waals surface area (Å²) in [6.45, 7) is 1.87. The number of benzene rings is 1. The summed E-state index contributed by atoms with van der Waals surface area (Å²) in [7, 11) is 0. The van der Waals surface area contributed by atoms with Crippen LogP contribution >= 0.6 is 0 Å². The van der Waals surface area contributed by atoms with Crippen LogP contribution in [0.2, 0.25) is 0 Å². The number of nitrogen functional groups attached to an aromatic ring is 1.